The molecule has 0 spiro atoms. The molecule has 17 nitrogen and oxygen atoms in total. The van der Waals surface area contributed by atoms with E-state index in [0.717, 1.165) is 12.0 Å². The van der Waals surface area contributed by atoms with Gasteiger partial charge in [0.25, 0.3) is 0 Å². The van der Waals surface area contributed by atoms with E-state index >= 15 is 0 Å². The number of esters is 4. The lowest BCUT2D eigenvalue weighted by Crippen LogP contribution is -2.57. The second-order valence-corrected chi connectivity index (χ2v) is 21.7. The van der Waals surface area contributed by atoms with Crippen LogP contribution in [0, 0.1) is 33.5 Å². The number of hydrogen-bond donors (Lipinski definition) is 2. The summed E-state index contributed by atoms with van der Waals surface area (Å²) in [5.41, 5.74) is -0.805. The molecule has 77 heavy (non-hydrogen) atoms. The summed E-state index contributed by atoms with van der Waals surface area (Å²) in [7, 11) is 2.95. The Balaban J connectivity index is 0.000000246. The van der Waals surface area contributed by atoms with E-state index < -0.39 is 99.0 Å². The Morgan fingerprint density at radius 2 is 1.00 bits per heavy atom. The maximum atomic E-state index is 14.0. The van der Waals surface area contributed by atoms with Crippen LogP contribution in [-0.4, -0.2) is 139 Å². The van der Waals surface area contributed by atoms with Crippen molar-refractivity contribution in [2.24, 2.45) is 33.5 Å². The van der Waals surface area contributed by atoms with Gasteiger partial charge in [-0.25, -0.2) is 9.59 Å². The molecular weight excluding hydrogens is 989 g/mol. The Morgan fingerprint density at radius 1 is 0.636 bits per heavy atom. The number of nitrogens with zero attached hydrogens (tertiary/aromatic N) is 2. The summed E-state index contributed by atoms with van der Waals surface area (Å²) in [5, 5.41) is 23.1. The first-order valence-corrected chi connectivity index (χ1v) is 25.7. The van der Waals surface area contributed by atoms with Gasteiger partial charge in [0.05, 0.1) is 35.2 Å². The van der Waals surface area contributed by atoms with Gasteiger partial charge < -0.3 is 48.4 Å². The lowest BCUT2D eigenvalue weighted by Gasteiger charge is -2.53. The third kappa shape index (κ3) is 9.72. The van der Waals surface area contributed by atoms with Crippen LogP contribution in [0.25, 0.3) is 0 Å². The van der Waals surface area contributed by atoms with Crippen molar-refractivity contribution >= 4 is 41.2 Å². The van der Waals surface area contributed by atoms with Crippen molar-refractivity contribution in [3.05, 3.63) is 131 Å². The molecule has 4 fully saturated rings. The van der Waals surface area contributed by atoms with Crippen LogP contribution in [0.5, 0.6) is 0 Å². The Bertz CT molecular complexity index is 2580. The van der Waals surface area contributed by atoms with Gasteiger partial charge in [-0.15, -0.1) is 26.3 Å². The zero-order valence-electron chi connectivity index (χ0n) is 45.0. The summed E-state index contributed by atoms with van der Waals surface area (Å²) in [6.07, 6.45) is 9.03. The van der Waals surface area contributed by atoms with Gasteiger partial charge in [-0.05, 0) is 62.0 Å². The molecule has 2 saturated heterocycles. The number of ketones is 3. The number of aliphatic hydroxyl groups is 2. The standard InChI is InChI=1S/C30H37NO7.C29H35NO8.CH4/c1-8-12-31(13-9-2)15-19-24-27(34)26(33)23-20-11-10-17(3)29(20,5)14-21(37-18(4)32)25(23)30(24,6)22(16-36-7)38-28(19)35;1-7-11-30(12-8-2)14-17-23-26(34)25(33)22-18-9-10-20(32)28(18,4)13-19(37-16(3)31)24(22)29(23,5)21(15-36-6)38-27(17)35;/h8-9,15,20-22,34H,1-3,10-14,16H2,4-7H3;7-8,14,18-19,21,34H,1-2,9-13,15H2,3-6H3;1H4/b19-15+;17-14-;/t20?,21?,22?,29-,30+;18?,19?,21?,28-,29-;/m10./s1. The second-order valence-electron chi connectivity index (χ2n) is 21.7. The minimum atomic E-state index is -1.27. The average molecular weight is 1070 g/mol. The van der Waals surface area contributed by atoms with E-state index in [0.29, 0.717) is 62.2 Å². The Hall–Kier alpha value is -6.85. The molecule has 0 amide bonds. The normalized spacial score (nSPS) is 33.0. The number of carbonyl (C=O) groups excluding carboxylic acids is 7. The number of cyclic esters (lactones) is 2. The number of carbonyl (C=O) groups is 7. The predicted octanol–water partition coefficient (Wildman–Crippen LogP) is 7.89. The Morgan fingerprint density at radius 3 is 1.36 bits per heavy atom. The van der Waals surface area contributed by atoms with E-state index in [9.17, 15) is 43.8 Å². The first-order chi connectivity index (χ1) is 35.9. The molecule has 0 radical (unpaired) electrons. The maximum absolute atomic E-state index is 14.0. The van der Waals surface area contributed by atoms with Crippen molar-refractivity contribution in [1.82, 2.24) is 9.80 Å². The van der Waals surface area contributed by atoms with Crippen LogP contribution in [0.2, 0.25) is 0 Å². The van der Waals surface area contributed by atoms with Crippen LogP contribution >= 0.6 is 0 Å². The molecule has 17 heteroatoms. The number of rotatable bonds is 16. The number of hydrogen-bond acceptors (Lipinski definition) is 17. The van der Waals surface area contributed by atoms with Crippen molar-refractivity contribution in [2.75, 3.05) is 53.6 Å². The van der Waals surface area contributed by atoms with Crippen LogP contribution in [0.4, 0.5) is 0 Å². The van der Waals surface area contributed by atoms with Crippen LogP contribution < -0.4 is 0 Å². The molecule has 0 aromatic rings. The first kappa shape index (κ1) is 59.4. The molecule has 8 rings (SSSR count). The molecule has 10 atom stereocenters. The van der Waals surface area contributed by atoms with Crippen LogP contribution in [0.1, 0.15) is 87.5 Å². The van der Waals surface area contributed by atoms with Gasteiger partial charge in [0.2, 0.25) is 11.6 Å². The molecule has 2 heterocycles. The van der Waals surface area contributed by atoms with Gasteiger partial charge >= 0.3 is 23.9 Å². The van der Waals surface area contributed by atoms with Crippen molar-refractivity contribution in [3.63, 3.8) is 0 Å². The molecule has 0 aromatic carbocycles. The predicted molar refractivity (Wildman–Crippen MR) is 286 cm³/mol. The molecule has 2 N–H and O–H groups in total. The first-order valence-electron chi connectivity index (χ1n) is 25.7. The highest BCUT2D eigenvalue weighted by Crippen LogP contribution is 2.65. The summed E-state index contributed by atoms with van der Waals surface area (Å²) >= 11 is 0. The van der Waals surface area contributed by atoms with Gasteiger partial charge in [0, 0.05) is 113 Å². The van der Waals surface area contributed by atoms with Gasteiger partial charge in [-0.2, -0.15) is 0 Å². The second kappa shape index (κ2) is 22.6. The fourth-order valence-corrected chi connectivity index (χ4v) is 13.7. The summed E-state index contributed by atoms with van der Waals surface area (Å²) < 4.78 is 34.4. The van der Waals surface area contributed by atoms with Gasteiger partial charge in [-0.1, -0.05) is 57.7 Å². The van der Waals surface area contributed by atoms with Crippen LogP contribution in [-0.2, 0) is 62.0 Å². The molecule has 2 aliphatic heterocycles. The quantitative estimate of drug-likeness (QED) is 0.0649. The highest BCUT2D eigenvalue weighted by Gasteiger charge is 2.66. The van der Waals surface area contributed by atoms with Crippen molar-refractivity contribution in [1.29, 1.82) is 0 Å². The fourth-order valence-electron chi connectivity index (χ4n) is 13.7. The number of allylic oxidation sites excluding steroid dienone is 3. The number of fused-ring (bicyclic) bond motifs is 8. The van der Waals surface area contributed by atoms with Crippen LogP contribution in [0.15, 0.2) is 131 Å². The SMILES string of the molecule is C.C=CCN(/C=C1/C(=O)OC(COC)[C@@]2(C)C1=C(O)C(=O)C1=C2C(OC(C)=O)C[C@]2(C)C(=C)CCC12)CC=C.C=CCN(/C=C1\C(=O)OC(COC)[C@@]2(C)C1=C(O)C(=O)C1=C2C(OC(C)=O)C[C@]2(C)C(=O)CCC12)CC=C. The van der Waals surface area contributed by atoms with E-state index in [4.69, 9.17) is 28.4 Å². The van der Waals surface area contributed by atoms with E-state index in [1.54, 1.807) is 54.2 Å². The Kier molecular flexibility index (Phi) is 17.5. The van der Waals surface area contributed by atoms with E-state index in [2.05, 4.69) is 32.9 Å². The number of methoxy groups -OCH3 is 2. The number of aliphatic hydroxyl groups excluding tert-OH is 2. The van der Waals surface area contributed by atoms with Crippen molar-refractivity contribution < 1.29 is 72.2 Å². The number of Topliss-reactive ketones (excluding diaryl/α,β-unsaturated/α-hetero) is 3. The van der Waals surface area contributed by atoms with E-state index in [1.807, 2.05) is 13.8 Å². The monoisotopic (exact) mass is 1060 g/mol. The molecule has 6 aliphatic carbocycles. The van der Waals surface area contributed by atoms with E-state index in [1.165, 1.54) is 34.3 Å². The van der Waals surface area contributed by atoms with Gasteiger partial charge in [0.15, 0.2) is 11.5 Å². The zero-order valence-corrected chi connectivity index (χ0v) is 45.0. The highest BCUT2D eigenvalue weighted by atomic mass is 16.6. The average Bonchev–Trinajstić information content (AvgIpc) is 3.93. The van der Waals surface area contributed by atoms with Gasteiger partial charge in [-0.3, -0.25) is 24.0 Å². The maximum Gasteiger partial charge on any atom is 0.340 e. The molecule has 8 aliphatic rings. The van der Waals surface area contributed by atoms with E-state index in [-0.39, 0.29) is 73.0 Å². The molecule has 0 bridgehead atoms. The fraction of sp³-hybridized carbons (Fsp3) is 0.517. The van der Waals surface area contributed by atoms with Crippen molar-refractivity contribution in [3.8, 4) is 0 Å². The zero-order chi connectivity index (χ0) is 56.0. The molecule has 6 unspecified atom stereocenters. The minimum absolute atomic E-state index is 0. The lowest BCUT2D eigenvalue weighted by atomic mass is 9.53. The molecule has 0 aromatic heterocycles. The molecular formula is C60H76N2O15. The summed E-state index contributed by atoms with van der Waals surface area (Å²) in [5.74, 6) is -5.41. The van der Waals surface area contributed by atoms with Gasteiger partial charge in [0.1, 0.15) is 30.2 Å². The highest BCUT2D eigenvalue weighted by molar-refractivity contribution is 6.14. The summed E-state index contributed by atoms with van der Waals surface area (Å²) in [6, 6.07) is 0. The number of ether oxygens (including phenoxy) is 6. The largest absolute Gasteiger partial charge is 0.504 e. The third-order valence-electron chi connectivity index (χ3n) is 17.2. The third-order valence-corrected chi connectivity index (χ3v) is 17.2. The smallest absolute Gasteiger partial charge is 0.340 e. The summed E-state index contributed by atoms with van der Waals surface area (Å²) in [4.78, 5) is 95.9. The molecule has 2 saturated carbocycles. The topological polar surface area (TPSA) is 222 Å². The van der Waals surface area contributed by atoms with Crippen LogP contribution in [0.3, 0.4) is 0 Å². The van der Waals surface area contributed by atoms with Crippen molar-refractivity contribution in [2.45, 2.75) is 112 Å². The summed E-state index contributed by atoms with van der Waals surface area (Å²) in [6.45, 7) is 30.9. The molecule has 416 valence electrons. The lowest BCUT2D eigenvalue weighted by molar-refractivity contribution is -0.160. The Labute approximate surface area is 452 Å². The minimum Gasteiger partial charge on any atom is -0.504 e.